The Morgan fingerprint density at radius 2 is 2.35 bits per heavy atom. The molecule has 0 saturated heterocycles. The number of aromatic nitrogens is 4. The summed E-state index contributed by atoms with van der Waals surface area (Å²) in [6, 6.07) is 0. The maximum Gasteiger partial charge on any atom is 0.276 e. The van der Waals surface area contributed by atoms with Crippen molar-refractivity contribution in [3.63, 3.8) is 0 Å². The normalized spacial score (nSPS) is 10.5. The van der Waals surface area contributed by atoms with E-state index in [4.69, 9.17) is 5.73 Å². The summed E-state index contributed by atoms with van der Waals surface area (Å²) in [5.41, 5.74) is 8.03. The van der Waals surface area contributed by atoms with E-state index < -0.39 is 0 Å². The van der Waals surface area contributed by atoms with Crippen molar-refractivity contribution >= 4 is 11.6 Å². The van der Waals surface area contributed by atoms with E-state index in [1.54, 1.807) is 26.4 Å². The summed E-state index contributed by atoms with van der Waals surface area (Å²) in [5.74, 6) is -0.215. The van der Waals surface area contributed by atoms with E-state index in [0.29, 0.717) is 17.9 Å². The zero-order chi connectivity index (χ0) is 12.4. The van der Waals surface area contributed by atoms with Crippen LogP contribution in [0.2, 0.25) is 0 Å². The van der Waals surface area contributed by atoms with Crippen LogP contribution < -0.4 is 5.73 Å². The molecule has 7 nitrogen and oxygen atoms in total. The molecule has 0 atom stereocenters. The van der Waals surface area contributed by atoms with Gasteiger partial charge < -0.3 is 10.6 Å². The third-order valence-electron chi connectivity index (χ3n) is 2.52. The fourth-order valence-electron chi connectivity index (χ4n) is 1.49. The monoisotopic (exact) mass is 234 g/mol. The van der Waals surface area contributed by atoms with Crippen LogP contribution in [0.3, 0.4) is 0 Å². The van der Waals surface area contributed by atoms with Crippen LogP contribution in [-0.4, -0.2) is 38.2 Å². The number of hydrogen-bond donors (Lipinski definition) is 3. The summed E-state index contributed by atoms with van der Waals surface area (Å²) in [6.07, 6.45) is 3.41. The average molecular weight is 234 g/mol. The van der Waals surface area contributed by atoms with Crippen LogP contribution >= 0.6 is 0 Å². The number of aromatic amines is 2. The van der Waals surface area contributed by atoms with Crippen LogP contribution in [0.25, 0.3) is 0 Å². The first-order chi connectivity index (χ1) is 8.09. The standard InChI is InChI=1S/C10H14N6O/c1-6-8(11)9(15-14-6)10(17)16(2)5-7-3-12-13-4-7/h3-4H,5,11H2,1-2H3,(H,12,13)(H,14,15). The van der Waals surface area contributed by atoms with E-state index in [1.807, 2.05) is 0 Å². The van der Waals surface area contributed by atoms with Crippen LogP contribution in [-0.2, 0) is 6.54 Å². The topological polar surface area (TPSA) is 104 Å². The molecule has 1 amide bonds. The van der Waals surface area contributed by atoms with Gasteiger partial charge in [0, 0.05) is 25.4 Å². The van der Waals surface area contributed by atoms with Gasteiger partial charge in [-0.1, -0.05) is 0 Å². The molecule has 0 spiro atoms. The molecule has 2 heterocycles. The van der Waals surface area contributed by atoms with E-state index in [1.165, 1.54) is 4.90 Å². The predicted octanol–water partition coefficient (Wildman–Crippen LogP) is 0.296. The molecule has 0 fully saturated rings. The first-order valence-corrected chi connectivity index (χ1v) is 5.13. The highest BCUT2D eigenvalue weighted by molar-refractivity contribution is 5.97. The minimum absolute atomic E-state index is 0.215. The van der Waals surface area contributed by atoms with Crippen molar-refractivity contribution in [3.05, 3.63) is 29.3 Å². The molecule has 17 heavy (non-hydrogen) atoms. The highest BCUT2D eigenvalue weighted by Crippen LogP contribution is 2.15. The van der Waals surface area contributed by atoms with Gasteiger partial charge >= 0.3 is 0 Å². The number of nitrogens with one attached hydrogen (secondary N) is 2. The lowest BCUT2D eigenvalue weighted by atomic mass is 10.2. The number of carbonyl (C=O) groups excluding carboxylic acids is 1. The fraction of sp³-hybridized carbons (Fsp3) is 0.300. The molecule has 2 rings (SSSR count). The van der Waals surface area contributed by atoms with Crippen LogP contribution in [0.15, 0.2) is 12.4 Å². The van der Waals surface area contributed by atoms with Crippen molar-refractivity contribution in [3.8, 4) is 0 Å². The molecule has 0 unspecified atom stereocenters. The third kappa shape index (κ3) is 2.12. The molecule has 0 aromatic carbocycles. The quantitative estimate of drug-likeness (QED) is 0.710. The van der Waals surface area contributed by atoms with Gasteiger partial charge in [0.25, 0.3) is 5.91 Å². The van der Waals surface area contributed by atoms with E-state index >= 15 is 0 Å². The molecule has 2 aromatic heterocycles. The maximum atomic E-state index is 12.0. The number of nitrogen functional groups attached to an aromatic ring is 1. The van der Waals surface area contributed by atoms with Gasteiger partial charge in [-0.05, 0) is 6.92 Å². The van der Waals surface area contributed by atoms with Gasteiger partial charge in [0.15, 0.2) is 5.69 Å². The second-order valence-electron chi connectivity index (χ2n) is 3.88. The lowest BCUT2D eigenvalue weighted by molar-refractivity contribution is 0.0780. The van der Waals surface area contributed by atoms with Crippen molar-refractivity contribution < 1.29 is 4.79 Å². The second kappa shape index (κ2) is 4.28. The molecule has 2 aromatic rings. The Morgan fingerprint density at radius 1 is 1.59 bits per heavy atom. The van der Waals surface area contributed by atoms with Crippen molar-refractivity contribution in [1.82, 2.24) is 25.3 Å². The third-order valence-corrected chi connectivity index (χ3v) is 2.52. The number of amides is 1. The lowest BCUT2D eigenvalue weighted by Crippen LogP contribution is -2.27. The van der Waals surface area contributed by atoms with Gasteiger partial charge in [0.2, 0.25) is 0 Å². The zero-order valence-corrected chi connectivity index (χ0v) is 9.69. The first-order valence-electron chi connectivity index (χ1n) is 5.13. The minimum atomic E-state index is -0.215. The van der Waals surface area contributed by atoms with Gasteiger partial charge in [-0.25, -0.2) is 0 Å². The Morgan fingerprint density at radius 3 is 2.88 bits per heavy atom. The van der Waals surface area contributed by atoms with Gasteiger partial charge in [-0.15, -0.1) is 0 Å². The number of nitrogens with two attached hydrogens (primary N) is 1. The Kier molecular flexibility index (Phi) is 2.82. The Hall–Kier alpha value is -2.31. The molecule has 0 saturated carbocycles. The molecule has 0 radical (unpaired) electrons. The zero-order valence-electron chi connectivity index (χ0n) is 9.69. The smallest absolute Gasteiger partial charge is 0.276 e. The minimum Gasteiger partial charge on any atom is -0.395 e. The largest absolute Gasteiger partial charge is 0.395 e. The SMILES string of the molecule is Cc1[nH]nc(C(=O)N(C)Cc2cn[nH]c2)c1N. The second-order valence-corrected chi connectivity index (χ2v) is 3.88. The van der Waals surface area contributed by atoms with Crippen LogP contribution in [0.5, 0.6) is 0 Å². The summed E-state index contributed by atoms with van der Waals surface area (Å²) in [4.78, 5) is 13.6. The van der Waals surface area contributed by atoms with Crippen LogP contribution in [0.4, 0.5) is 5.69 Å². The first kappa shape index (κ1) is 11.2. The highest BCUT2D eigenvalue weighted by atomic mass is 16.2. The molecule has 0 aliphatic rings. The van der Waals surface area contributed by atoms with E-state index in [-0.39, 0.29) is 11.6 Å². The van der Waals surface area contributed by atoms with E-state index in [9.17, 15) is 4.79 Å². The lowest BCUT2D eigenvalue weighted by Gasteiger charge is -2.14. The number of anilines is 1. The molecule has 0 bridgehead atoms. The average Bonchev–Trinajstić information content (AvgIpc) is 2.90. The number of carbonyl (C=O) groups is 1. The summed E-state index contributed by atoms with van der Waals surface area (Å²) in [5, 5.41) is 13.1. The van der Waals surface area contributed by atoms with Gasteiger partial charge in [0.05, 0.1) is 17.6 Å². The van der Waals surface area contributed by atoms with E-state index in [2.05, 4.69) is 20.4 Å². The molecule has 0 aliphatic heterocycles. The summed E-state index contributed by atoms with van der Waals surface area (Å²) in [7, 11) is 1.69. The van der Waals surface area contributed by atoms with Crippen LogP contribution in [0, 0.1) is 6.92 Å². The molecule has 90 valence electrons. The number of H-pyrrole nitrogens is 2. The number of aryl methyl sites for hydroxylation is 1. The molecule has 0 aliphatic carbocycles. The van der Waals surface area contributed by atoms with Crippen molar-refractivity contribution in [2.24, 2.45) is 0 Å². The predicted molar refractivity (Wildman–Crippen MR) is 62.1 cm³/mol. The molecule has 7 heteroatoms. The van der Waals surface area contributed by atoms with Crippen molar-refractivity contribution in [1.29, 1.82) is 0 Å². The Labute approximate surface area is 98.0 Å². The van der Waals surface area contributed by atoms with Crippen molar-refractivity contribution in [2.45, 2.75) is 13.5 Å². The van der Waals surface area contributed by atoms with Crippen LogP contribution in [0.1, 0.15) is 21.7 Å². The molecule has 4 N–H and O–H groups in total. The summed E-state index contributed by atoms with van der Waals surface area (Å²) < 4.78 is 0. The highest BCUT2D eigenvalue weighted by Gasteiger charge is 2.19. The number of nitrogens with zero attached hydrogens (tertiary/aromatic N) is 3. The molecular formula is C10H14N6O. The maximum absolute atomic E-state index is 12.0. The Bertz CT molecular complexity index is 515. The van der Waals surface area contributed by atoms with Gasteiger partial charge in [-0.3, -0.25) is 15.0 Å². The Balaban J connectivity index is 2.12. The van der Waals surface area contributed by atoms with E-state index in [0.717, 1.165) is 5.56 Å². The van der Waals surface area contributed by atoms with Crippen molar-refractivity contribution in [2.75, 3.05) is 12.8 Å². The summed E-state index contributed by atoms with van der Waals surface area (Å²) in [6.45, 7) is 2.23. The fourth-order valence-corrected chi connectivity index (χ4v) is 1.49. The van der Waals surface area contributed by atoms with Gasteiger partial charge in [-0.2, -0.15) is 10.2 Å². The summed E-state index contributed by atoms with van der Waals surface area (Å²) >= 11 is 0. The number of rotatable bonds is 3. The number of hydrogen-bond acceptors (Lipinski definition) is 4. The van der Waals surface area contributed by atoms with Gasteiger partial charge in [0.1, 0.15) is 0 Å². The molecular weight excluding hydrogens is 220 g/mol.